The number of ether oxygens (including phenoxy) is 2. The molecular formula is C15H25N3O3. The fraction of sp³-hybridized carbons (Fsp3) is 0.733. The molecule has 1 aromatic rings. The second-order valence-electron chi connectivity index (χ2n) is 6.38. The van der Waals surface area contributed by atoms with E-state index in [1.54, 1.807) is 19.1 Å². The number of amides is 1. The lowest BCUT2D eigenvalue weighted by molar-refractivity contribution is -0.00749. The fourth-order valence-electron chi connectivity index (χ4n) is 2.74. The smallest absolute Gasteiger partial charge is 0.274 e. The minimum atomic E-state index is -0.384. The molecule has 21 heavy (non-hydrogen) atoms. The maximum atomic E-state index is 12.6. The highest BCUT2D eigenvalue weighted by atomic mass is 16.5. The topological polar surface area (TPSA) is 67.5 Å². The number of hydrogen-bond acceptors (Lipinski definition) is 4. The van der Waals surface area contributed by atoms with Gasteiger partial charge in [0.05, 0.1) is 23.5 Å². The maximum Gasteiger partial charge on any atom is 0.274 e. The number of fused-ring (bicyclic) bond motifs is 1. The summed E-state index contributed by atoms with van der Waals surface area (Å²) < 4.78 is 11.1. The van der Waals surface area contributed by atoms with Gasteiger partial charge in [0, 0.05) is 32.7 Å². The average molecular weight is 295 g/mol. The van der Waals surface area contributed by atoms with Crippen molar-refractivity contribution in [3.63, 3.8) is 0 Å². The van der Waals surface area contributed by atoms with Crippen LogP contribution >= 0.6 is 0 Å². The molecule has 0 saturated heterocycles. The van der Waals surface area contributed by atoms with Crippen LogP contribution in [0.5, 0.6) is 0 Å². The normalized spacial score (nSPS) is 22.0. The van der Waals surface area contributed by atoms with Gasteiger partial charge in [-0.15, -0.1) is 0 Å². The highest BCUT2D eigenvalue weighted by Gasteiger charge is 2.31. The first kappa shape index (κ1) is 16.0. The van der Waals surface area contributed by atoms with Gasteiger partial charge in [0.2, 0.25) is 0 Å². The van der Waals surface area contributed by atoms with E-state index >= 15 is 0 Å². The largest absolute Gasteiger partial charge is 0.377 e. The average Bonchev–Trinajstić information content (AvgIpc) is 2.81. The van der Waals surface area contributed by atoms with Crippen LogP contribution in [-0.2, 0) is 15.9 Å². The van der Waals surface area contributed by atoms with Gasteiger partial charge in [-0.2, -0.15) is 5.10 Å². The SMILES string of the molecule is COC(C)(C)CN(C)C(=O)c1n[nH]c2c1C[C@H](C)O[C@@H]2C. The molecule has 2 heterocycles. The summed E-state index contributed by atoms with van der Waals surface area (Å²) in [6, 6.07) is 0. The highest BCUT2D eigenvalue weighted by Crippen LogP contribution is 2.30. The molecule has 1 aromatic heterocycles. The van der Waals surface area contributed by atoms with E-state index in [9.17, 15) is 4.79 Å². The minimum Gasteiger partial charge on any atom is -0.377 e. The molecule has 1 aliphatic heterocycles. The fourth-order valence-corrected chi connectivity index (χ4v) is 2.74. The molecule has 6 heteroatoms. The van der Waals surface area contributed by atoms with Crippen LogP contribution in [0.1, 0.15) is 55.5 Å². The Kier molecular flexibility index (Phi) is 4.39. The number of nitrogens with zero attached hydrogens (tertiary/aromatic N) is 2. The van der Waals surface area contributed by atoms with Gasteiger partial charge in [0.15, 0.2) is 5.69 Å². The molecule has 0 spiro atoms. The van der Waals surface area contributed by atoms with Gasteiger partial charge in [-0.3, -0.25) is 9.89 Å². The van der Waals surface area contributed by atoms with Gasteiger partial charge >= 0.3 is 0 Å². The summed E-state index contributed by atoms with van der Waals surface area (Å²) in [5.74, 6) is -0.0843. The molecule has 2 rings (SSSR count). The van der Waals surface area contributed by atoms with Gasteiger partial charge in [-0.1, -0.05) is 0 Å². The van der Waals surface area contributed by atoms with Crippen LogP contribution in [0, 0.1) is 0 Å². The van der Waals surface area contributed by atoms with Crippen molar-refractivity contribution in [1.29, 1.82) is 0 Å². The van der Waals surface area contributed by atoms with Crippen molar-refractivity contribution in [3.05, 3.63) is 17.0 Å². The first-order valence-electron chi connectivity index (χ1n) is 7.28. The number of rotatable bonds is 4. The van der Waals surface area contributed by atoms with Crippen molar-refractivity contribution in [2.24, 2.45) is 0 Å². The van der Waals surface area contributed by atoms with Crippen LogP contribution in [0.2, 0.25) is 0 Å². The van der Waals surface area contributed by atoms with Crippen molar-refractivity contribution in [2.75, 3.05) is 20.7 Å². The first-order valence-corrected chi connectivity index (χ1v) is 7.28. The standard InChI is InChI=1S/C15H25N3O3/c1-9-7-11-12(10(2)21-9)16-17-13(11)14(19)18(5)8-15(3,4)20-6/h9-10H,7-8H2,1-6H3,(H,16,17)/t9-,10+/m0/s1. The summed E-state index contributed by atoms with van der Waals surface area (Å²) in [5.41, 5.74) is 2.01. The van der Waals surface area contributed by atoms with E-state index in [2.05, 4.69) is 10.2 Å². The van der Waals surface area contributed by atoms with Gasteiger partial charge in [0.1, 0.15) is 0 Å². The Morgan fingerprint density at radius 1 is 1.52 bits per heavy atom. The quantitative estimate of drug-likeness (QED) is 0.921. The highest BCUT2D eigenvalue weighted by molar-refractivity contribution is 5.94. The number of H-pyrrole nitrogens is 1. The third-order valence-corrected chi connectivity index (χ3v) is 3.95. The zero-order valence-electron chi connectivity index (χ0n) is 13.7. The molecule has 2 atom stereocenters. The number of nitrogens with one attached hydrogen (secondary N) is 1. The number of carbonyl (C=O) groups excluding carboxylic acids is 1. The van der Waals surface area contributed by atoms with Crippen LogP contribution in [0.4, 0.5) is 0 Å². The summed E-state index contributed by atoms with van der Waals surface area (Å²) >= 11 is 0. The molecule has 0 unspecified atom stereocenters. The first-order chi connectivity index (χ1) is 9.75. The summed E-state index contributed by atoms with van der Waals surface area (Å²) in [6.45, 7) is 8.40. The third kappa shape index (κ3) is 3.27. The molecule has 1 N–H and O–H groups in total. The minimum absolute atomic E-state index is 0.0569. The Balaban J connectivity index is 2.21. The molecule has 0 aliphatic carbocycles. The number of aromatic amines is 1. The summed E-state index contributed by atoms with van der Waals surface area (Å²) in [6.07, 6.45) is 0.745. The van der Waals surface area contributed by atoms with Crippen molar-refractivity contribution < 1.29 is 14.3 Å². The van der Waals surface area contributed by atoms with E-state index in [1.165, 1.54) is 0 Å². The second-order valence-corrected chi connectivity index (χ2v) is 6.38. The summed E-state index contributed by atoms with van der Waals surface area (Å²) in [7, 11) is 3.42. The van der Waals surface area contributed by atoms with Crippen molar-refractivity contribution in [1.82, 2.24) is 15.1 Å². The lowest BCUT2D eigenvalue weighted by Gasteiger charge is -2.29. The van der Waals surface area contributed by atoms with E-state index in [0.717, 1.165) is 11.3 Å². The maximum absolute atomic E-state index is 12.6. The predicted octanol–water partition coefficient (Wildman–Crippen LogP) is 1.93. The summed E-state index contributed by atoms with van der Waals surface area (Å²) in [5, 5.41) is 7.18. The Labute approximate surface area is 125 Å². The van der Waals surface area contributed by atoms with Crippen molar-refractivity contribution in [3.8, 4) is 0 Å². The summed E-state index contributed by atoms with van der Waals surface area (Å²) in [4.78, 5) is 14.3. The van der Waals surface area contributed by atoms with Gasteiger partial charge in [-0.25, -0.2) is 0 Å². The number of carbonyl (C=O) groups is 1. The second kappa shape index (κ2) is 5.77. The number of hydrogen-bond donors (Lipinski definition) is 1. The van der Waals surface area contributed by atoms with E-state index in [-0.39, 0.29) is 23.7 Å². The van der Waals surface area contributed by atoms with Gasteiger partial charge < -0.3 is 14.4 Å². The molecule has 118 valence electrons. The Morgan fingerprint density at radius 3 is 2.81 bits per heavy atom. The molecule has 0 fully saturated rings. The molecule has 0 radical (unpaired) electrons. The molecule has 0 aromatic carbocycles. The number of aromatic nitrogens is 2. The Hall–Kier alpha value is -1.40. The zero-order chi connectivity index (χ0) is 15.8. The Morgan fingerprint density at radius 2 is 2.19 bits per heavy atom. The predicted molar refractivity (Wildman–Crippen MR) is 79.3 cm³/mol. The van der Waals surface area contributed by atoms with Crippen LogP contribution in [-0.4, -0.2) is 53.4 Å². The van der Waals surface area contributed by atoms with E-state index in [1.807, 2.05) is 27.7 Å². The molecule has 0 saturated carbocycles. The molecule has 0 bridgehead atoms. The Bertz CT molecular complexity index is 524. The van der Waals surface area contributed by atoms with E-state index in [0.29, 0.717) is 18.7 Å². The van der Waals surface area contributed by atoms with Crippen molar-refractivity contribution >= 4 is 5.91 Å². The van der Waals surface area contributed by atoms with Gasteiger partial charge in [-0.05, 0) is 27.7 Å². The molecule has 1 amide bonds. The lowest BCUT2D eigenvalue weighted by atomic mass is 9.99. The van der Waals surface area contributed by atoms with Crippen molar-refractivity contribution in [2.45, 2.75) is 51.9 Å². The third-order valence-electron chi connectivity index (χ3n) is 3.95. The number of likely N-dealkylation sites (N-methyl/N-ethyl adjacent to an activating group) is 1. The van der Waals surface area contributed by atoms with Crippen LogP contribution < -0.4 is 0 Å². The van der Waals surface area contributed by atoms with E-state index < -0.39 is 0 Å². The van der Waals surface area contributed by atoms with Gasteiger partial charge in [0.25, 0.3) is 5.91 Å². The van der Waals surface area contributed by atoms with Crippen LogP contribution in [0.3, 0.4) is 0 Å². The molecule has 1 aliphatic rings. The van der Waals surface area contributed by atoms with E-state index in [4.69, 9.17) is 9.47 Å². The number of methoxy groups -OCH3 is 1. The van der Waals surface area contributed by atoms with Crippen LogP contribution in [0.15, 0.2) is 0 Å². The molecule has 6 nitrogen and oxygen atoms in total. The zero-order valence-corrected chi connectivity index (χ0v) is 13.7. The van der Waals surface area contributed by atoms with Crippen LogP contribution in [0.25, 0.3) is 0 Å². The lowest BCUT2D eigenvalue weighted by Crippen LogP contribution is -2.41. The monoisotopic (exact) mass is 295 g/mol. The molecular weight excluding hydrogens is 270 g/mol.